The van der Waals surface area contributed by atoms with E-state index < -0.39 is 11.8 Å². The number of methoxy groups -OCH3 is 1. The highest BCUT2D eigenvalue weighted by molar-refractivity contribution is 7.80. The van der Waals surface area contributed by atoms with Crippen molar-refractivity contribution >= 4 is 35.2 Å². The molecule has 2 N–H and O–H groups in total. The zero-order valence-electron chi connectivity index (χ0n) is 13.8. The molecule has 2 aromatic carbocycles. The number of hydrogen-bond donors (Lipinski definition) is 2. The van der Waals surface area contributed by atoms with E-state index >= 15 is 0 Å². The largest absolute Gasteiger partial charge is 0.497 e. The lowest BCUT2D eigenvalue weighted by atomic mass is 9.97. The molecule has 0 atom stereocenters. The molecule has 0 radical (unpaired) electrons. The van der Waals surface area contributed by atoms with E-state index in [0.29, 0.717) is 16.9 Å². The normalized spacial score (nSPS) is 13.9. The van der Waals surface area contributed by atoms with Crippen LogP contribution in [0.25, 0.3) is 6.08 Å². The predicted octanol–water partition coefficient (Wildman–Crippen LogP) is 2.34. The third-order valence-corrected chi connectivity index (χ3v) is 4.14. The molecular formula is C19H15FN2O3S. The summed E-state index contributed by atoms with van der Waals surface area (Å²) in [6.07, 6.45) is 1.74. The van der Waals surface area contributed by atoms with Gasteiger partial charge in [0.25, 0.3) is 11.8 Å². The second kappa shape index (κ2) is 7.45. The van der Waals surface area contributed by atoms with Crippen LogP contribution in [0.15, 0.2) is 48.0 Å². The third-order valence-electron chi connectivity index (χ3n) is 3.93. The van der Waals surface area contributed by atoms with Crippen molar-refractivity contribution in [3.8, 4) is 5.75 Å². The summed E-state index contributed by atoms with van der Waals surface area (Å²) in [5.74, 6) is -0.887. The Hall–Kier alpha value is -3.06. The molecule has 3 rings (SSSR count). The molecule has 1 aliphatic rings. The molecule has 26 heavy (non-hydrogen) atoms. The van der Waals surface area contributed by atoms with Crippen LogP contribution in [0.5, 0.6) is 5.75 Å². The summed E-state index contributed by atoms with van der Waals surface area (Å²) in [5, 5.41) is 4.75. The Morgan fingerprint density at radius 1 is 1.08 bits per heavy atom. The van der Waals surface area contributed by atoms with E-state index in [9.17, 15) is 14.0 Å². The highest BCUT2D eigenvalue weighted by Gasteiger charge is 2.26. The third kappa shape index (κ3) is 3.78. The topological polar surface area (TPSA) is 67.4 Å². The van der Waals surface area contributed by atoms with Crippen LogP contribution < -0.4 is 15.4 Å². The van der Waals surface area contributed by atoms with Crippen molar-refractivity contribution in [2.24, 2.45) is 0 Å². The number of ether oxygens (including phenoxy) is 1. The van der Waals surface area contributed by atoms with Crippen LogP contribution >= 0.6 is 12.2 Å². The first kappa shape index (κ1) is 17.8. The minimum Gasteiger partial charge on any atom is -0.497 e. The standard InChI is InChI=1S/C19H15FN2O3S/c1-25-14-7-6-11(10-15-17(23)21-19(26)22-18(15)24)13(9-14)8-12-4-2-3-5-16(12)20/h2-7,9-10H,8H2,1H3,(H2,21,22,23,24,26). The summed E-state index contributed by atoms with van der Waals surface area (Å²) in [6.45, 7) is 0. The SMILES string of the molecule is COc1ccc(C=C2C(=O)NC(=S)NC2=O)c(Cc2ccccc2F)c1. The van der Waals surface area contributed by atoms with Crippen molar-refractivity contribution in [1.82, 2.24) is 10.6 Å². The molecular weight excluding hydrogens is 355 g/mol. The van der Waals surface area contributed by atoms with Gasteiger partial charge in [-0.15, -0.1) is 0 Å². The van der Waals surface area contributed by atoms with Gasteiger partial charge in [0.2, 0.25) is 0 Å². The average molecular weight is 370 g/mol. The Bertz CT molecular complexity index is 918. The van der Waals surface area contributed by atoms with E-state index in [4.69, 9.17) is 17.0 Å². The minimum atomic E-state index is -0.577. The molecule has 1 saturated heterocycles. The molecule has 0 bridgehead atoms. The second-order valence-electron chi connectivity index (χ2n) is 5.63. The van der Waals surface area contributed by atoms with E-state index in [1.807, 2.05) is 0 Å². The number of rotatable bonds is 4. The second-order valence-corrected chi connectivity index (χ2v) is 6.04. The zero-order chi connectivity index (χ0) is 18.7. The van der Waals surface area contributed by atoms with E-state index in [1.54, 1.807) is 36.4 Å². The average Bonchev–Trinajstić information content (AvgIpc) is 2.61. The lowest BCUT2D eigenvalue weighted by Crippen LogP contribution is -2.51. The molecule has 7 heteroatoms. The van der Waals surface area contributed by atoms with Crippen molar-refractivity contribution in [2.75, 3.05) is 7.11 Å². The first-order valence-corrected chi connectivity index (χ1v) is 8.17. The van der Waals surface area contributed by atoms with Crippen LogP contribution in [0, 0.1) is 5.82 Å². The predicted molar refractivity (Wildman–Crippen MR) is 99.1 cm³/mol. The maximum absolute atomic E-state index is 14.0. The molecule has 0 unspecified atom stereocenters. The molecule has 5 nitrogen and oxygen atoms in total. The molecule has 0 aliphatic carbocycles. The number of thiocarbonyl (C=S) groups is 1. The lowest BCUT2D eigenvalue weighted by Gasteiger charge is -2.17. The molecule has 1 heterocycles. The van der Waals surface area contributed by atoms with Gasteiger partial charge >= 0.3 is 0 Å². The van der Waals surface area contributed by atoms with Gasteiger partial charge in [-0.2, -0.15) is 0 Å². The fourth-order valence-corrected chi connectivity index (χ4v) is 2.80. The van der Waals surface area contributed by atoms with E-state index in [-0.39, 0.29) is 22.9 Å². The maximum Gasteiger partial charge on any atom is 0.263 e. The van der Waals surface area contributed by atoms with Crippen LogP contribution in [-0.2, 0) is 16.0 Å². The quantitative estimate of drug-likeness (QED) is 0.493. The highest BCUT2D eigenvalue weighted by Crippen LogP contribution is 2.24. The summed E-state index contributed by atoms with van der Waals surface area (Å²) in [7, 11) is 1.53. The summed E-state index contributed by atoms with van der Waals surface area (Å²) in [4.78, 5) is 24.1. The van der Waals surface area contributed by atoms with Crippen LogP contribution in [-0.4, -0.2) is 24.0 Å². The summed E-state index contributed by atoms with van der Waals surface area (Å²) in [5.41, 5.74) is 1.76. The zero-order valence-corrected chi connectivity index (χ0v) is 14.7. The highest BCUT2D eigenvalue weighted by atomic mass is 32.1. The van der Waals surface area contributed by atoms with Crippen LogP contribution in [0.3, 0.4) is 0 Å². The maximum atomic E-state index is 14.0. The van der Waals surface area contributed by atoms with Crippen molar-refractivity contribution in [1.29, 1.82) is 0 Å². The minimum absolute atomic E-state index is 0.0292. The monoisotopic (exact) mass is 370 g/mol. The number of halogens is 1. The molecule has 2 aromatic rings. The molecule has 0 saturated carbocycles. The fourth-order valence-electron chi connectivity index (χ4n) is 2.61. The number of carbonyl (C=O) groups is 2. The molecule has 0 aromatic heterocycles. The summed E-state index contributed by atoms with van der Waals surface area (Å²) >= 11 is 4.79. The van der Waals surface area contributed by atoms with Crippen LogP contribution in [0.2, 0.25) is 0 Å². The fraction of sp³-hybridized carbons (Fsp3) is 0.105. The Morgan fingerprint density at radius 2 is 1.77 bits per heavy atom. The lowest BCUT2D eigenvalue weighted by molar-refractivity contribution is -0.123. The van der Waals surface area contributed by atoms with Crippen LogP contribution in [0.1, 0.15) is 16.7 Å². The van der Waals surface area contributed by atoms with Gasteiger partial charge in [-0.3, -0.25) is 20.2 Å². The van der Waals surface area contributed by atoms with Crippen molar-refractivity contribution in [3.63, 3.8) is 0 Å². The summed E-state index contributed by atoms with van der Waals surface area (Å²) < 4.78 is 19.3. The van der Waals surface area contributed by atoms with Crippen LogP contribution in [0.4, 0.5) is 4.39 Å². The molecule has 0 spiro atoms. The van der Waals surface area contributed by atoms with Gasteiger partial charge < -0.3 is 4.74 Å². The first-order valence-electron chi connectivity index (χ1n) is 7.76. The van der Waals surface area contributed by atoms with Crippen molar-refractivity contribution in [3.05, 3.63) is 70.5 Å². The Balaban J connectivity index is 2.03. The number of nitrogens with one attached hydrogen (secondary N) is 2. The van der Waals surface area contributed by atoms with Crippen molar-refractivity contribution in [2.45, 2.75) is 6.42 Å². The molecule has 2 amide bonds. The van der Waals surface area contributed by atoms with Gasteiger partial charge in [0.15, 0.2) is 5.11 Å². The Kier molecular flexibility index (Phi) is 5.09. The molecule has 1 fully saturated rings. The van der Waals surface area contributed by atoms with Gasteiger partial charge in [0.05, 0.1) is 7.11 Å². The van der Waals surface area contributed by atoms with Gasteiger partial charge in [-0.1, -0.05) is 24.3 Å². The van der Waals surface area contributed by atoms with E-state index in [0.717, 1.165) is 5.56 Å². The number of benzene rings is 2. The van der Waals surface area contributed by atoms with Gasteiger partial charge in [-0.25, -0.2) is 4.39 Å². The summed E-state index contributed by atoms with van der Waals surface area (Å²) in [6, 6.07) is 11.6. The van der Waals surface area contributed by atoms with E-state index in [2.05, 4.69) is 10.6 Å². The molecule has 1 aliphatic heterocycles. The van der Waals surface area contributed by atoms with E-state index in [1.165, 1.54) is 19.3 Å². The van der Waals surface area contributed by atoms with Gasteiger partial charge in [-0.05, 0) is 53.2 Å². The van der Waals surface area contributed by atoms with Crippen molar-refractivity contribution < 1.29 is 18.7 Å². The van der Waals surface area contributed by atoms with Gasteiger partial charge in [0.1, 0.15) is 17.1 Å². The number of amides is 2. The number of carbonyl (C=O) groups excluding carboxylic acids is 2. The van der Waals surface area contributed by atoms with Gasteiger partial charge in [0, 0.05) is 6.42 Å². The number of hydrogen-bond acceptors (Lipinski definition) is 4. The Labute approximate surface area is 154 Å². The smallest absolute Gasteiger partial charge is 0.263 e. The molecule has 132 valence electrons. The Morgan fingerprint density at radius 3 is 2.42 bits per heavy atom. The first-order chi connectivity index (χ1) is 12.5.